The molecule has 3 rings (SSSR count). The predicted octanol–water partition coefficient (Wildman–Crippen LogP) is 3.97. The van der Waals surface area contributed by atoms with Crippen molar-refractivity contribution in [1.29, 1.82) is 5.26 Å². The van der Waals surface area contributed by atoms with E-state index in [1.807, 2.05) is 6.07 Å². The molecule has 1 heterocycles. The SMILES string of the molecule is CCOC(=O)c1cc(O)ccc1CCc1cc2cc(C#N)ccc2o1. The van der Waals surface area contributed by atoms with Crippen molar-refractivity contribution in [2.45, 2.75) is 19.8 Å². The maximum atomic E-state index is 12.1. The van der Waals surface area contributed by atoms with Gasteiger partial charge in [0.05, 0.1) is 23.8 Å². The van der Waals surface area contributed by atoms with Crippen molar-refractivity contribution >= 4 is 16.9 Å². The Kier molecular flexibility index (Phi) is 4.71. The molecule has 0 aliphatic carbocycles. The van der Waals surface area contributed by atoms with E-state index >= 15 is 0 Å². The van der Waals surface area contributed by atoms with Crippen molar-refractivity contribution in [2.24, 2.45) is 0 Å². The number of nitrogens with zero attached hydrogens (tertiary/aromatic N) is 1. The molecule has 5 nitrogen and oxygen atoms in total. The minimum absolute atomic E-state index is 0.0274. The van der Waals surface area contributed by atoms with E-state index in [2.05, 4.69) is 6.07 Å². The number of phenols is 1. The normalized spacial score (nSPS) is 10.6. The number of ether oxygens (including phenoxy) is 1. The highest BCUT2D eigenvalue weighted by molar-refractivity contribution is 5.91. The lowest BCUT2D eigenvalue weighted by atomic mass is 10.0. The van der Waals surface area contributed by atoms with E-state index in [4.69, 9.17) is 14.4 Å². The Hall–Kier alpha value is -3.26. The molecule has 2 aromatic carbocycles. The summed E-state index contributed by atoms with van der Waals surface area (Å²) in [6, 6.07) is 14.0. The van der Waals surface area contributed by atoms with E-state index in [9.17, 15) is 9.90 Å². The van der Waals surface area contributed by atoms with Crippen LogP contribution in [0.3, 0.4) is 0 Å². The second-order valence-electron chi connectivity index (χ2n) is 5.64. The third kappa shape index (κ3) is 3.64. The van der Waals surface area contributed by atoms with Crippen molar-refractivity contribution in [1.82, 2.24) is 0 Å². The Morgan fingerprint density at radius 3 is 2.80 bits per heavy atom. The molecule has 25 heavy (non-hydrogen) atoms. The van der Waals surface area contributed by atoms with Gasteiger partial charge in [-0.3, -0.25) is 0 Å². The van der Waals surface area contributed by atoms with Crippen molar-refractivity contribution < 1.29 is 19.1 Å². The van der Waals surface area contributed by atoms with Gasteiger partial charge in [0, 0.05) is 11.8 Å². The number of fused-ring (bicyclic) bond motifs is 1. The lowest BCUT2D eigenvalue weighted by Gasteiger charge is -2.08. The third-order valence-corrected chi connectivity index (χ3v) is 3.93. The molecule has 1 N–H and O–H groups in total. The molecule has 0 spiro atoms. The molecule has 126 valence electrons. The Labute approximate surface area is 145 Å². The second kappa shape index (κ2) is 7.10. The lowest BCUT2D eigenvalue weighted by molar-refractivity contribution is 0.0524. The van der Waals surface area contributed by atoms with Gasteiger partial charge in [-0.2, -0.15) is 5.26 Å². The van der Waals surface area contributed by atoms with Gasteiger partial charge in [0.25, 0.3) is 0 Å². The lowest BCUT2D eigenvalue weighted by Crippen LogP contribution is -2.08. The van der Waals surface area contributed by atoms with Crippen LogP contribution in [0.4, 0.5) is 0 Å². The molecule has 0 radical (unpaired) electrons. The summed E-state index contributed by atoms with van der Waals surface area (Å²) < 4.78 is 10.8. The molecule has 0 saturated carbocycles. The zero-order chi connectivity index (χ0) is 17.8. The van der Waals surface area contributed by atoms with Gasteiger partial charge in [0.1, 0.15) is 17.1 Å². The zero-order valence-corrected chi connectivity index (χ0v) is 13.8. The summed E-state index contributed by atoms with van der Waals surface area (Å²) in [6.45, 7) is 2.02. The standard InChI is InChI=1S/C20H17NO4/c1-2-24-20(23)18-11-16(22)6-4-14(18)5-7-17-10-15-9-13(12-21)3-8-19(15)25-17/h3-4,6,8-11,22H,2,5,7H2,1H3. The summed E-state index contributed by atoms with van der Waals surface area (Å²) in [5.74, 6) is 0.351. The molecule has 0 unspecified atom stereocenters. The number of nitriles is 1. The molecule has 0 fully saturated rings. The minimum Gasteiger partial charge on any atom is -0.508 e. The Bertz CT molecular complexity index is 965. The molecule has 5 heteroatoms. The summed E-state index contributed by atoms with van der Waals surface area (Å²) in [5, 5.41) is 19.5. The number of hydrogen-bond donors (Lipinski definition) is 1. The molecule has 0 aliphatic heterocycles. The van der Waals surface area contributed by atoms with Crippen LogP contribution >= 0.6 is 0 Å². The first-order chi connectivity index (χ1) is 12.1. The molecule has 0 saturated heterocycles. The average Bonchev–Trinajstić information content (AvgIpc) is 3.02. The summed E-state index contributed by atoms with van der Waals surface area (Å²) in [5.41, 5.74) is 2.47. The maximum absolute atomic E-state index is 12.1. The van der Waals surface area contributed by atoms with Crippen LogP contribution in [0, 0.1) is 11.3 Å². The van der Waals surface area contributed by atoms with E-state index in [0.29, 0.717) is 24.0 Å². The average molecular weight is 335 g/mol. The molecule has 0 amide bonds. The Morgan fingerprint density at radius 1 is 1.20 bits per heavy atom. The molecule has 0 atom stereocenters. The smallest absolute Gasteiger partial charge is 0.338 e. The summed E-state index contributed by atoms with van der Waals surface area (Å²) in [6.07, 6.45) is 1.16. The topological polar surface area (TPSA) is 83.5 Å². The first-order valence-corrected chi connectivity index (χ1v) is 8.02. The fraction of sp³-hybridized carbons (Fsp3) is 0.200. The highest BCUT2D eigenvalue weighted by Gasteiger charge is 2.14. The van der Waals surface area contributed by atoms with Gasteiger partial charge >= 0.3 is 5.97 Å². The Balaban J connectivity index is 1.82. The van der Waals surface area contributed by atoms with Crippen LogP contribution in [0.5, 0.6) is 5.75 Å². The second-order valence-corrected chi connectivity index (χ2v) is 5.64. The zero-order valence-electron chi connectivity index (χ0n) is 13.8. The number of aromatic hydroxyl groups is 1. The number of carbonyl (C=O) groups excluding carboxylic acids is 1. The van der Waals surface area contributed by atoms with Gasteiger partial charge in [-0.1, -0.05) is 6.07 Å². The number of benzene rings is 2. The van der Waals surface area contributed by atoms with E-state index in [1.54, 1.807) is 37.3 Å². The maximum Gasteiger partial charge on any atom is 0.338 e. The number of furan rings is 1. The van der Waals surface area contributed by atoms with Crippen LogP contribution in [0.15, 0.2) is 46.9 Å². The van der Waals surface area contributed by atoms with Crippen LogP contribution < -0.4 is 0 Å². The molecular formula is C20H17NO4. The van der Waals surface area contributed by atoms with E-state index in [0.717, 1.165) is 22.3 Å². The number of rotatable bonds is 5. The number of hydrogen-bond acceptors (Lipinski definition) is 5. The van der Waals surface area contributed by atoms with Gasteiger partial charge in [-0.25, -0.2) is 4.79 Å². The summed E-state index contributed by atoms with van der Waals surface area (Å²) >= 11 is 0. The fourth-order valence-corrected chi connectivity index (χ4v) is 2.73. The summed E-state index contributed by atoms with van der Waals surface area (Å²) in [7, 11) is 0. The highest BCUT2D eigenvalue weighted by atomic mass is 16.5. The predicted molar refractivity (Wildman–Crippen MR) is 92.4 cm³/mol. The van der Waals surface area contributed by atoms with Crippen LogP contribution in [-0.2, 0) is 17.6 Å². The molecule has 3 aromatic rings. The fourth-order valence-electron chi connectivity index (χ4n) is 2.73. The number of phenolic OH excluding ortho intramolecular Hbond substituents is 1. The van der Waals surface area contributed by atoms with Crippen LogP contribution in [0.2, 0.25) is 0 Å². The number of carbonyl (C=O) groups is 1. The van der Waals surface area contributed by atoms with Crippen LogP contribution in [0.25, 0.3) is 11.0 Å². The van der Waals surface area contributed by atoms with Crippen molar-refractivity contribution in [2.75, 3.05) is 6.61 Å². The van der Waals surface area contributed by atoms with Gasteiger partial charge in [-0.05, 0) is 55.3 Å². The number of aryl methyl sites for hydroxylation is 2. The minimum atomic E-state index is -0.448. The van der Waals surface area contributed by atoms with Gasteiger partial charge in [-0.15, -0.1) is 0 Å². The summed E-state index contributed by atoms with van der Waals surface area (Å²) in [4.78, 5) is 12.1. The first-order valence-electron chi connectivity index (χ1n) is 8.02. The van der Waals surface area contributed by atoms with Gasteiger partial charge < -0.3 is 14.3 Å². The molecular weight excluding hydrogens is 318 g/mol. The van der Waals surface area contributed by atoms with E-state index in [-0.39, 0.29) is 12.4 Å². The van der Waals surface area contributed by atoms with Crippen LogP contribution in [0.1, 0.15) is 34.2 Å². The quantitative estimate of drug-likeness (QED) is 0.713. The van der Waals surface area contributed by atoms with Gasteiger partial charge in [0.2, 0.25) is 0 Å². The van der Waals surface area contributed by atoms with Crippen molar-refractivity contribution in [3.05, 3.63) is 64.9 Å². The van der Waals surface area contributed by atoms with Crippen molar-refractivity contribution in [3.63, 3.8) is 0 Å². The third-order valence-electron chi connectivity index (χ3n) is 3.93. The molecule has 0 bridgehead atoms. The molecule has 1 aromatic heterocycles. The van der Waals surface area contributed by atoms with E-state index in [1.165, 1.54) is 6.07 Å². The van der Waals surface area contributed by atoms with Gasteiger partial charge in [0.15, 0.2) is 0 Å². The first kappa shape index (κ1) is 16.6. The largest absolute Gasteiger partial charge is 0.508 e. The number of esters is 1. The van der Waals surface area contributed by atoms with E-state index < -0.39 is 5.97 Å². The molecule has 0 aliphatic rings. The highest BCUT2D eigenvalue weighted by Crippen LogP contribution is 2.24. The van der Waals surface area contributed by atoms with Crippen LogP contribution in [-0.4, -0.2) is 17.7 Å². The van der Waals surface area contributed by atoms with Crippen molar-refractivity contribution in [3.8, 4) is 11.8 Å². The Morgan fingerprint density at radius 2 is 2.04 bits per heavy atom. The monoisotopic (exact) mass is 335 g/mol.